The quantitative estimate of drug-likeness (QED) is 0.755. The Morgan fingerprint density at radius 1 is 1.00 bits per heavy atom. The van der Waals surface area contributed by atoms with E-state index in [1.165, 1.54) is 36.4 Å². The van der Waals surface area contributed by atoms with Crippen LogP contribution in [0.5, 0.6) is 0 Å². The van der Waals surface area contributed by atoms with Crippen LogP contribution in [0.15, 0.2) is 41.3 Å². The van der Waals surface area contributed by atoms with Crippen LogP contribution in [0.3, 0.4) is 0 Å². The van der Waals surface area contributed by atoms with Crippen molar-refractivity contribution in [3.8, 4) is 0 Å². The first-order valence-electron chi connectivity index (χ1n) is 8.06. The minimum absolute atomic E-state index is 0.0387. The predicted octanol–water partition coefficient (Wildman–Crippen LogP) is 4.00. The summed E-state index contributed by atoms with van der Waals surface area (Å²) in [6, 6.07) is 8.52. The summed E-state index contributed by atoms with van der Waals surface area (Å²) >= 11 is 12.4. The lowest BCUT2D eigenvalue weighted by Crippen LogP contribution is -2.15. The van der Waals surface area contributed by atoms with E-state index in [-0.39, 0.29) is 38.0 Å². The predicted molar refractivity (Wildman–Crippen MR) is 105 cm³/mol. The molecule has 0 saturated heterocycles. The topological polar surface area (TPSA) is 92.3 Å². The van der Waals surface area contributed by atoms with Crippen LogP contribution < -0.4 is 10.6 Å². The maximum atomic E-state index is 12.4. The molecule has 2 aromatic carbocycles. The SMILES string of the molecule is CS(=O)(=O)c1ccc(C(=O)Nc2c(Cl)cc(NC(=O)C3CC3)cc2Cl)cc1. The third kappa shape index (κ3) is 4.80. The summed E-state index contributed by atoms with van der Waals surface area (Å²) in [4.78, 5) is 24.3. The molecule has 0 atom stereocenters. The van der Waals surface area contributed by atoms with Gasteiger partial charge in [0.15, 0.2) is 9.84 Å². The summed E-state index contributed by atoms with van der Waals surface area (Å²) in [5.74, 6) is -0.532. The second-order valence-corrected chi connectivity index (χ2v) is 9.16. The molecule has 1 saturated carbocycles. The zero-order valence-corrected chi connectivity index (χ0v) is 16.6. The largest absolute Gasteiger partial charge is 0.326 e. The van der Waals surface area contributed by atoms with Crippen molar-refractivity contribution >= 4 is 56.2 Å². The van der Waals surface area contributed by atoms with E-state index in [0.717, 1.165) is 19.1 Å². The van der Waals surface area contributed by atoms with Gasteiger partial charge in [0.25, 0.3) is 5.91 Å². The van der Waals surface area contributed by atoms with Crippen molar-refractivity contribution < 1.29 is 18.0 Å². The van der Waals surface area contributed by atoms with Crippen LogP contribution >= 0.6 is 23.2 Å². The monoisotopic (exact) mass is 426 g/mol. The van der Waals surface area contributed by atoms with Crippen LogP contribution in [0.4, 0.5) is 11.4 Å². The number of carbonyl (C=O) groups is 2. The van der Waals surface area contributed by atoms with E-state index in [4.69, 9.17) is 23.2 Å². The number of nitrogens with one attached hydrogen (secondary N) is 2. The van der Waals surface area contributed by atoms with Crippen LogP contribution in [0.25, 0.3) is 0 Å². The summed E-state index contributed by atoms with van der Waals surface area (Å²) in [5, 5.41) is 5.70. The smallest absolute Gasteiger partial charge is 0.255 e. The van der Waals surface area contributed by atoms with Gasteiger partial charge in [0.1, 0.15) is 0 Å². The highest BCUT2D eigenvalue weighted by Crippen LogP contribution is 2.36. The van der Waals surface area contributed by atoms with E-state index in [1.54, 1.807) is 0 Å². The Morgan fingerprint density at radius 3 is 2.04 bits per heavy atom. The van der Waals surface area contributed by atoms with Gasteiger partial charge in [0, 0.05) is 23.4 Å². The van der Waals surface area contributed by atoms with Crippen molar-refractivity contribution in [1.82, 2.24) is 0 Å². The maximum Gasteiger partial charge on any atom is 0.255 e. The first-order valence-corrected chi connectivity index (χ1v) is 10.7. The second-order valence-electron chi connectivity index (χ2n) is 6.33. The zero-order valence-electron chi connectivity index (χ0n) is 14.3. The van der Waals surface area contributed by atoms with Crippen LogP contribution in [0.2, 0.25) is 10.0 Å². The minimum Gasteiger partial charge on any atom is -0.326 e. The molecule has 3 rings (SSSR count). The van der Waals surface area contributed by atoms with Gasteiger partial charge in [0.2, 0.25) is 5.91 Å². The molecule has 1 aliphatic rings. The number of hydrogen-bond donors (Lipinski definition) is 2. The van der Waals surface area contributed by atoms with E-state index in [1.807, 2.05) is 0 Å². The Labute approximate surface area is 166 Å². The van der Waals surface area contributed by atoms with Crippen molar-refractivity contribution in [2.75, 3.05) is 16.9 Å². The minimum atomic E-state index is -3.34. The molecule has 1 fully saturated rings. The molecule has 1 aliphatic carbocycles. The number of sulfone groups is 1. The molecule has 0 bridgehead atoms. The molecule has 0 spiro atoms. The van der Waals surface area contributed by atoms with Crippen molar-refractivity contribution in [3.63, 3.8) is 0 Å². The number of amides is 2. The van der Waals surface area contributed by atoms with Crippen molar-refractivity contribution in [2.24, 2.45) is 5.92 Å². The molecule has 2 aromatic rings. The Balaban J connectivity index is 1.76. The normalized spacial score (nSPS) is 13.9. The van der Waals surface area contributed by atoms with Gasteiger partial charge in [-0.15, -0.1) is 0 Å². The molecule has 0 aromatic heterocycles. The molecule has 0 radical (unpaired) electrons. The van der Waals surface area contributed by atoms with Gasteiger partial charge in [-0.25, -0.2) is 8.42 Å². The summed E-state index contributed by atoms with van der Waals surface area (Å²) in [6.07, 6.45) is 2.84. The molecule has 0 aliphatic heterocycles. The van der Waals surface area contributed by atoms with Crippen molar-refractivity contribution in [3.05, 3.63) is 52.0 Å². The molecular weight excluding hydrogens is 411 g/mol. The van der Waals surface area contributed by atoms with Gasteiger partial charge in [-0.3, -0.25) is 9.59 Å². The summed E-state index contributed by atoms with van der Waals surface area (Å²) in [7, 11) is -3.34. The van der Waals surface area contributed by atoms with Gasteiger partial charge in [-0.05, 0) is 49.2 Å². The lowest BCUT2D eigenvalue weighted by molar-refractivity contribution is -0.117. The standard InChI is InChI=1S/C18H16Cl2N2O4S/c1-27(25,26)13-6-4-11(5-7-13)18(24)22-16-14(19)8-12(9-15(16)20)21-17(23)10-2-3-10/h4-10H,2-3H2,1H3,(H,21,23)(H,22,24). The molecule has 6 nitrogen and oxygen atoms in total. The number of carbonyl (C=O) groups excluding carboxylic acids is 2. The van der Waals surface area contributed by atoms with Gasteiger partial charge in [0.05, 0.1) is 20.6 Å². The zero-order chi connectivity index (χ0) is 19.8. The van der Waals surface area contributed by atoms with Gasteiger partial charge >= 0.3 is 0 Å². The number of anilines is 2. The number of hydrogen-bond acceptors (Lipinski definition) is 4. The first-order chi connectivity index (χ1) is 12.6. The highest BCUT2D eigenvalue weighted by atomic mass is 35.5. The Morgan fingerprint density at radius 2 is 1.56 bits per heavy atom. The van der Waals surface area contributed by atoms with Crippen LogP contribution in [-0.4, -0.2) is 26.5 Å². The van der Waals surface area contributed by atoms with E-state index in [2.05, 4.69) is 10.6 Å². The Hall–Kier alpha value is -2.09. The molecule has 2 N–H and O–H groups in total. The molecule has 27 heavy (non-hydrogen) atoms. The van der Waals surface area contributed by atoms with Crippen molar-refractivity contribution in [2.45, 2.75) is 17.7 Å². The average Bonchev–Trinajstić information content (AvgIpc) is 3.42. The molecule has 0 heterocycles. The lowest BCUT2D eigenvalue weighted by Gasteiger charge is -2.12. The van der Waals surface area contributed by atoms with Crippen LogP contribution in [0, 0.1) is 5.92 Å². The molecule has 142 valence electrons. The summed E-state index contributed by atoms with van der Waals surface area (Å²) in [6.45, 7) is 0. The van der Waals surface area contributed by atoms with E-state index < -0.39 is 15.7 Å². The first kappa shape index (κ1) is 19.7. The summed E-state index contributed by atoms with van der Waals surface area (Å²) in [5.41, 5.74) is 0.915. The molecule has 9 heteroatoms. The highest BCUT2D eigenvalue weighted by Gasteiger charge is 2.29. The fourth-order valence-corrected chi connectivity index (χ4v) is 3.61. The fourth-order valence-electron chi connectivity index (χ4n) is 2.39. The molecule has 0 unspecified atom stereocenters. The second kappa shape index (κ2) is 7.50. The highest BCUT2D eigenvalue weighted by molar-refractivity contribution is 7.90. The summed E-state index contributed by atoms with van der Waals surface area (Å²) < 4.78 is 23.0. The molecular formula is C18H16Cl2N2O4S. The van der Waals surface area contributed by atoms with Crippen LogP contribution in [-0.2, 0) is 14.6 Å². The lowest BCUT2D eigenvalue weighted by atomic mass is 10.2. The van der Waals surface area contributed by atoms with E-state index in [0.29, 0.717) is 5.69 Å². The Bertz CT molecular complexity index is 993. The van der Waals surface area contributed by atoms with Gasteiger partial charge < -0.3 is 10.6 Å². The third-order valence-electron chi connectivity index (χ3n) is 4.04. The maximum absolute atomic E-state index is 12.4. The molecule has 2 amide bonds. The number of rotatable bonds is 5. The third-order valence-corrected chi connectivity index (χ3v) is 5.77. The Kier molecular flexibility index (Phi) is 5.46. The fraction of sp³-hybridized carbons (Fsp3) is 0.222. The van der Waals surface area contributed by atoms with E-state index in [9.17, 15) is 18.0 Å². The van der Waals surface area contributed by atoms with Gasteiger partial charge in [-0.1, -0.05) is 23.2 Å². The van der Waals surface area contributed by atoms with Crippen molar-refractivity contribution in [1.29, 1.82) is 0 Å². The average molecular weight is 427 g/mol. The van der Waals surface area contributed by atoms with Gasteiger partial charge in [-0.2, -0.15) is 0 Å². The number of halogens is 2. The van der Waals surface area contributed by atoms with E-state index >= 15 is 0 Å². The van der Waals surface area contributed by atoms with Crippen LogP contribution in [0.1, 0.15) is 23.2 Å². The number of benzene rings is 2.